The fourth-order valence-corrected chi connectivity index (χ4v) is 6.68. The van der Waals surface area contributed by atoms with Crippen LogP contribution in [-0.4, -0.2) is 40.0 Å². The zero-order valence-corrected chi connectivity index (χ0v) is 28.3. The minimum absolute atomic E-state index is 0.145. The van der Waals surface area contributed by atoms with Crippen LogP contribution in [0.3, 0.4) is 0 Å². The van der Waals surface area contributed by atoms with Crippen molar-refractivity contribution in [1.82, 2.24) is 14.3 Å². The van der Waals surface area contributed by atoms with Crippen LogP contribution in [0.2, 0.25) is 0 Å². The van der Waals surface area contributed by atoms with Crippen molar-refractivity contribution in [1.29, 1.82) is 0 Å². The van der Waals surface area contributed by atoms with Gasteiger partial charge >= 0.3 is 11.9 Å². The van der Waals surface area contributed by atoms with Gasteiger partial charge in [-0.15, -0.1) is 0 Å². The molecule has 1 aliphatic rings. The molecule has 0 saturated carbocycles. The van der Waals surface area contributed by atoms with Crippen molar-refractivity contribution in [2.24, 2.45) is 4.99 Å². The number of hydrogen-bond acceptors (Lipinski definition) is 9. The maximum absolute atomic E-state index is 14.3. The fourth-order valence-electron chi connectivity index (χ4n) is 5.38. The van der Waals surface area contributed by atoms with Crippen LogP contribution >= 0.6 is 27.3 Å². The molecule has 0 spiro atoms. The predicted molar refractivity (Wildman–Crippen MR) is 181 cm³/mol. The van der Waals surface area contributed by atoms with E-state index in [0.717, 1.165) is 21.3 Å². The Morgan fingerprint density at radius 1 is 1.04 bits per heavy atom. The summed E-state index contributed by atoms with van der Waals surface area (Å²) < 4.78 is 20.8. The van der Waals surface area contributed by atoms with E-state index in [0.29, 0.717) is 26.3 Å². The quantitative estimate of drug-likeness (QED) is 0.158. The topological polar surface area (TPSA) is 114 Å². The molecule has 0 bridgehead atoms. The molecule has 238 valence electrons. The lowest BCUT2D eigenvalue weighted by Crippen LogP contribution is -2.40. The molecular weight excluding hydrogens is 684 g/mol. The number of carbonyl (C=O) groups is 2. The molecule has 1 atom stereocenters. The molecule has 6 rings (SSSR count). The smallest absolute Gasteiger partial charge is 0.338 e. The third-order valence-electron chi connectivity index (χ3n) is 7.44. The molecule has 0 radical (unpaired) electrons. The number of hydrogen-bond donors (Lipinski definition) is 0. The van der Waals surface area contributed by atoms with Crippen LogP contribution in [-0.2, 0) is 14.3 Å². The number of allylic oxidation sites excluding steroid dienone is 1. The summed E-state index contributed by atoms with van der Waals surface area (Å²) in [6.07, 6.45) is 3.69. The van der Waals surface area contributed by atoms with Crippen molar-refractivity contribution in [2.45, 2.75) is 26.8 Å². The number of aromatic nitrogens is 3. The summed E-state index contributed by atoms with van der Waals surface area (Å²) in [5.74, 6) is -0.613. The first-order valence-corrected chi connectivity index (χ1v) is 16.3. The van der Waals surface area contributed by atoms with Crippen LogP contribution in [0.25, 0.3) is 23.0 Å². The molecule has 0 aliphatic carbocycles. The summed E-state index contributed by atoms with van der Waals surface area (Å²) in [7, 11) is 1.45. The number of methoxy groups -OCH3 is 1. The Morgan fingerprint density at radius 2 is 1.79 bits per heavy atom. The highest BCUT2D eigenvalue weighted by Gasteiger charge is 2.34. The van der Waals surface area contributed by atoms with Crippen LogP contribution in [0.4, 0.5) is 0 Å². The lowest BCUT2D eigenvalue weighted by Gasteiger charge is -2.25. The molecule has 0 amide bonds. The van der Waals surface area contributed by atoms with Gasteiger partial charge in [-0.1, -0.05) is 63.7 Å². The largest absolute Gasteiger partial charge is 0.493 e. The van der Waals surface area contributed by atoms with Gasteiger partial charge in [-0.05, 0) is 61.9 Å². The molecule has 0 fully saturated rings. The monoisotopic (exact) mass is 712 g/mol. The normalized spacial score (nSPS) is 14.4. The first-order chi connectivity index (χ1) is 22.7. The number of rotatable bonds is 8. The third kappa shape index (κ3) is 6.34. The van der Waals surface area contributed by atoms with Crippen LogP contribution in [0, 0.1) is 0 Å². The van der Waals surface area contributed by atoms with Gasteiger partial charge in [-0.3, -0.25) is 14.2 Å². The number of halogens is 1. The van der Waals surface area contributed by atoms with Gasteiger partial charge in [0.05, 0.1) is 46.9 Å². The second kappa shape index (κ2) is 13.3. The first-order valence-electron chi connectivity index (χ1n) is 14.7. The molecule has 47 heavy (non-hydrogen) atoms. The number of fused-ring (bicyclic) bond motifs is 1. The molecule has 0 N–H and O–H groups in total. The molecule has 0 saturated heterocycles. The Labute approximate surface area is 282 Å². The Kier molecular flexibility index (Phi) is 9.06. The molecule has 1 unspecified atom stereocenters. The number of esters is 2. The molecule has 3 aromatic carbocycles. The van der Waals surface area contributed by atoms with E-state index in [1.165, 1.54) is 29.9 Å². The van der Waals surface area contributed by atoms with Gasteiger partial charge in [0, 0.05) is 28.7 Å². The number of para-hydroxylation sites is 1. The summed E-state index contributed by atoms with van der Waals surface area (Å²) in [5, 5.41) is 4.89. The summed E-state index contributed by atoms with van der Waals surface area (Å²) in [6.45, 7) is 4.87. The van der Waals surface area contributed by atoms with Gasteiger partial charge in [0.15, 0.2) is 16.3 Å². The highest BCUT2D eigenvalue weighted by atomic mass is 79.9. The minimum Gasteiger partial charge on any atom is -0.493 e. The van der Waals surface area contributed by atoms with Gasteiger partial charge in [0.25, 0.3) is 5.56 Å². The second-order valence-electron chi connectivity index (χ2n) is 10.5. The first kappa shape index (κ1) is 31.9. The minimum atomic E-state index is -0.884. The average Bonchev–Trinajstić information content (AvgIpc) is 3.61. The van der Waals surface area contributed by atoms with E-state index in [1.54, 1.807) is 42.8 Å². The molecule has 3 heterocycles. The van der Waals surface area contributed by atoms with Crippen LogP contribution in [0.1, 0.15) is 37.9 Å². The maximum atomic E-state index is 14.3. The molecule has 1 aliphatic heterocycles. The summed E-state index contributed by atoms with van der Waals surface area (Å²) >= 11 is 4.71. The fraction of sp³-hybridized carbons (Fsp3) is 0.171. The van der Waals surface area contributed by atoms with Crippen molar-refractivity contribution in [2.75, 3.05) is 13.7 Å². The Balaban J connectivity index is 1.56. The number of nitrogens with zero attached hydrogens (tertiary/aromatic N) is 4. The number of carbonyl (C=O) groups excluding carboxylic acids is 2. The van der Waals surface area contributed by atoms with Crippen molar-refractivity contribution < 1.29 is 23.8 Å². The Hall–Kier alpha value is -5.07. The van der Waals surface area contributed by atoms with Crippen molar-refractivity contribution in [3.63, 3.8) is 0 Å². The average molecular weight is 714 g/mol. The highest BCUT2D eigenvalue weighted by molar-refractivity contribution is 9.10. The lowest BCUT2D eigenvalue weighted by atomic mass is 9.95. The van der Waals surface area contributed by atoms with Gasteiger partial charge in [-0.25, -0.2) is 14.5 Å². The van der Waals surface area contributed by atoms with Gasteiger partial charge in [0.1, 0.15) is 0 Å². The zero-order valence-electron chi connectivity index (χ0n) is 25.9. The Morgan fingerprint density at radius 3 is 2.47 bits per heavy atom. The zero-order chi connectivity index (χ0) is 33.2. The number of ether oxygens (including phenoxy) is 3. The van der Waals surface area contributed by atoms with E-state index in [1.807, 2.05) is 60.8 Å². The summed E-state index contributed by atoms with van der Waals surface area (Å²) in [4.78, 5) is 44.5. The SMILES string of the molecule is CCOC(=O)C1=C(C)N=c2sc(=Cc3cn(-c4ccccc4)nc3-c3ccc(Br)cc3)c(=O)n2C1c1ccc(OC(C)=O)c(OC)c1. The molecule has 5 aromatic rings. The molecule has 10 nitrogen and oxygen atoms in total. The van der Waals surface area contributed by atoms with E-state index >= 15 is 0 Å². The predicted octanol–water partition coefficient (Wildman–Crippen LogP) is 5.35. The van der Waals surface area contributed by atoms with Crippen molar-refractivity contribution >= 4 is 45.3 Å². The van der Waals surface area contributed by atoms with E-state index in [9.17, 15) is 14.4 Å². The van der Waals surface area contributed by atoms with Crippen LogP contribution in [0.15, 0.2) is 105 Å². The van der Waals surface area contributed by atoms with E-state index in [-0.39, 0.29) is 29.2 Å². The van der Waals surface area contributed by atoms with Crippen LogP contribution < -0.4 is 24.4 Å². The Bertz CT molecular complexity index is 2220. The molecule has 12 heteroatoms. The summed E-state index contributed by atoms with van der Waals surface area (Å²) in [6, 6.07) is 21.5. The van der Waals surface area contributed by atoms with E-state index in [4.69, 9.17) is 19.3 Å². The van der Waals surface area contributed by atoms with Crippen molar-refractivity contribution in [3.05, 3.63) is 126 Å². The third-order valence-corrected chi connectivity index (χ3v) is 8.95. The van der Waals surface area contributed by atoms with E-state index < -0.39 is 18.0 Å². The molecular formula is C35H29BrN4O6S. The maximum Gasteiger partial charge on any atom is 0.338 e. The van der Waals surface area contributed by atoms with Gasteiger partial charge in [0.2, 0.25) is 0 Å². The van der Waals surface area contributed by atoms with Gasteiger partial charge in [-0.2, -0.15) is 5.10 Å². The van der Waals surface area contributed by atoms with Gasteiger partial charge < -0.3 is 14.2 Å². The van der Waals surface area contributed by atoms with Crippen LogP contribution in [0.5, 0.6) is 11.5 Å². The lowest BCUT2D eigenvalue weighted by molar-refractivity contribution is -0.139. The highest BCUT2D eigenvalue weighted by Crippen LogP contribution is 2.36. The summed E-state index contributed by atoms with van der Waals surface area (Å²) in [5.41, 5.74) is 4.02. The number of benzene rings is 3. The molecule has 2 aromatic heterocycles. The number of thiazole rings is 1. The van der Waals surface area contributed by atoms with Crippen molar-refractivity contribution in [3.8, 4) is 28.4 Å². The van der Waals surface area contributed by atoms with E-state index in [2.05, 4.69) is 20.9 Å². The second-order valence-corrected chi connectivity index (χ2v) is 12.5. The standard InChI is InChI=1S/C35H29BrN4O6S/c1-5-45-34(43)30-20(2)37-35-40(32(30)23-13-16-27(46-21(3)41)28(17-23)44-4)33(42)29(47-35)18-24-19-39(26-9-7-6-8-10-26)38-31(24)22-11-14-25(36)15-12-22/h6-19,32H,5H2,1-4H3.